The molecule has 0 aliphatic rings. The number of aryl methyl sites for hydroxylation is 1. The van der Waals surface area contributed by atoms with E-state index in [2.05, 4.69) is 10.1 Å². The number of hydrogen-bond acceptors (Lipinski definition) is 5. The van der Waals surface area contributed by atoms with Crippen LogP contribution in [0.25, 0.3) is 11.4 Å². The van der Waals surface area contributed by atoms with Gasteiger partial charge in [0.15, 0.2) is 0 Å². The van der Waals surface area contributed by atoms with E-state index in [1.165, 1.54) is 0 Å². The number of hydrogen-bond donors (Lipinski definition) is 1. The third kappa shape index (κ3) is 1.86. The summed E-state index contributed by atoms with van der Waals surface area (Å²) in [5.41, 5.74) is 6.76. The summed E-state index contributed by atoms with van der Waals surface area (Å²) in [6.07, 6.45) is 1.60. The van der Waals surface area contributed by atoms with Crippen molar-refractivity contribution in [3.63, 3.8) is 0 Å². The van der Waals surface area contributed by atoms with E-state index in [1.807, 2.05) is 26.8 Å². The zero-order valence-corrected chi connectivity index (χ0v) is 9.60. The third-order valence-electron chi connectivity index (χ3n) is 2.54. The highest BCUT2D eigenvalue weighted by Gasteiger charge is 2.19. The molecule has 0 fully saturated rings. The average Bonchev–Trinajstić information content (AvgIpc) is 2.84. The lowest BCUT2D eigenvalue weighted by molar-refractivity contribution is 0.325. The summed E-state index contributed by atoms with van der Waals surface area (Å²) >= 11 is 0. The summed E-state index contributed by atoms with van der Waals surface area (Å²) in [6, 6.07) is 1.58. The molecule has 5 nitrogen and oxygen atoms in total. The van der Waals surface area contributed by atoms with E-state index < -0.39 is 0 Å². The molecule has 2 rings (SSSR count). The first-order valence-corrected chi connectivity index (χ1v) is 5.23. The van der Waals surface area contributed by atoms with Crippen molar-refractivity contribution in [2.45, 2.75) is 26.8 Å². The topological polar surface area (TPSA) is 78.1 Å². The van der Waals surface area contributed by atoms with Gasteiger partial charge < -0.3 is 14.7 Å². The molecule has 0 aliphatic carbocycles. The van der Waals surface area contributed by atoms with Gasteiger partial charge in [0, 0.05) is 0 Å². The van der Waals surface area contributed by atoms with Crippen molar-refractivity contribution >= 4 is 0 Å². The minimum Gasteiger partial charge on any atom is -0.469 e. The normalized spacial score (nSPS) is 13.3. The van der Waals surface area contributed by atoms with E-state index in [0.29, 0.717) is 11.7 Å². The molecule has 0 radical (unpaired) electrons. The largest absolute Gasteiger partial charge is 0.469 e. The van der Waals surface area contributed by atoms with Gasteiger partial charge in [-0.2, -0.15) is 4.98 Å². The van der Waals surface area contributed by atoms with Crippen LogP contribution in [-0.2, 0) is 0 Å². The summed E-state index contributed by atoms with van der Waals surface area (Å²) in [5.74, 6) is 2.02. The van der Waals surface area contributed by atoms with Gasteiger partial charge in [-0.15, -0.1) is 0 Å². The van der Waals surface area contributed by atoms with Gasteiger partial charge in [0.2, 0.25) is 11.7 Å². The van der Waals surface area contributed by atoms with Crippen LogP contribution in [-0.4, -0.2) is 10.1 Å². The number of aromatic nitrogens is 2. The second-order valence-corrected chi connectivity index (χ2v) is 4.12. The van der Waals surface area contributed by atoms with Crippen molar-refractivity contribution in [3.05, 3.63) is 24.0 Å². The van der Waals surface area contributed by atoms with E-state index in [4.69, 9.17) is 14.7 Å². The Balaban J connectivity index is 2.30. The zero-order valence-electron chi connectivity index (χ0n) is 9.60. The molecule has 5 heteroatoms. The highest BCUT2D eigenvalue weighted by atomic mass is 16.5. The van der Waals surface area contributed by atoms with Crippen LogP contribution in [0.1, 0.15) is 31.5 Å². The second kappa shape index (κ2) is 4.09. The summed E-state index contributed by atoms with van der Waals surface area (Å²) in [4.78, 5) is 4.27. The van der Waals surface area contributed by atoms with Gasteiger partial charge in [-0.05, 0) is 18.9 Å². The van der Waals surface area contributed by atoms with E-state index >= 15 is 0 Å². The van der Waals surface area contributed by atoms with Crippen LogP contribution in [0, 0.1) is 12.8 Å². The molecule has 16 heavy (non-hydrogen) atoms. The molecule has 2 heterocycles. The predicted molar refractivity (Wildman–Crippen MR) is 58.5 cm³/mol. The third-order valence-corrected chi connectivity index (χ3v) is 2.54. The first-order valence-electron chi connectivity index (χ1n) is 5.23. The Morgan fingerprint density at radius 1 is 1.38 bits per heavy atom. The molecule has 86 valence electrons. The second-order valence-electron chi connectivity index (χ2n) is 4.12. The Hall–Kier alpha value is -1.62. The van der Waals surface area contributed by atoms with E-state index in [1.54, 1.807) is 6.26 Å². The molecule has 0 aliphatic heterocycles. The lowest BCUT2D eigenvalue weighted by Gasteiger charge is -2.09. The van der Waals surface area contributed by atoms with Crippen LogP contribution in [0.4, 0.5) is 0 Å². The van der Waals surface area contributed by atoms with Crippen LogP contribution in [0.15, 0.2) is 21.3 Å². The molecule has 1 atom stereocenters. The Kier molecular flexibility index (Phi) is 2.78. The molecule has 2 aromatic rings. The Labute approximate surface area is 93.6 Å². The maximum atomic E-state index is 5.92. The number of nitrogens with zero attached hydrogens (tertiary/aromatic N) is 2. The van der Waals surface area contributed by atoms with Crippen LogP contribution in [0.3, 0.4) is 0 Å². The van der Waals surface area contributed by atoms with Crippen molar-refractivity contribution in [1.29, 1.82) is 0 Å². The molecule has 1 unspecified atom stereocenters. The Morgan fingerprint density at radius 3 is 2.69 bits per heavy atom. The fourth-order valence-corrected chi connectivity index (χ4v) is 1.38. The van der Waals surface area contributed by atoms with Crippen LogP contribution in [0.2, 0.25) is 0 Å². The van der Waals surface area contributed by atoms with Crippen LogP contribution >= 0.6 is 0 Å². The first kappa shape index (κ1) is 10.9. The SMILES string of the molecule is Cc1occc1-c1noc(C(N)C(C)C)n1. The molecule has 0 amide bonds. The lowest BCUT2D eigenvalue weighted by Crippen LogP contribution is -2.16. The van der Waals surface area contributed by atoms with Crippen molar-refractivity contribution in [2.24, 2.45) is 11.7 Å². The van der Waals surface area contributed by atoms with E-state index in [-0.39, 0.29) is 12.0 Å². The van der Waals surface area contributed by atoms with Gasteiger partial charge in [0.25, 0.3) is 0 Å². The molecule has 0 saturated heterocycles. The van der Waals surface area contributed by atoms with E-state index in [0.717, 1.165) is 11.3 Å². The lowest BCUT2D eigenvalue weighted by atomic mass is 10.1. The van der Waals surface area contributed by atoms with Gasteiger partial charge >= 0.3 is 0 Å². The maximum absolute atomic E-state index is 5.92. The molecular weight excluding hydrogens is 206 g/mol. The van der Waals surface area contributed by atoms with Gasteiger partial charge in [-0.25, -0.2) is 0 Å². The Bertz CT molecular complexity index is 473. The zero-order chi connectivity index (χ0) is 11.7. The minimum atomic E-state index is -0.228. The van der Waals surface area contributed by atoms with E-state index in [9.17, 15) is 0 Å². The highest BCUT2D eigenvalue weighted by Crippen LogP contribution is 2.24. The van der Waals surface area contributed by atoms with Gasteiger partial charge in [-0.1, -0.05) is 19.0 Å². The Morgan fingerprint density at radius 2 is 2.12 bits per heavy atom. The fraction of sp³-hybridized carbons (Fsp3) is 0.455. The maximum Gasteiger partial charge on any atom is 0.244 e. The number of furan rings is 1. The standard InChI is InChI=1S/C11H15N3O2/c1-6(2)9(12)11-13-10(14-16-11)8-4-5-15-7(8)3/h4-6,9H,12H2,1-3H3. The van der Waals surface area contributed by atoms with Gasteiger partial charge in [-0.3, -0.25) is 0 Å². The highest BCUT2D eigenvalue weighted by molar-refractivity contribution is 5.56. The van der Waals surface area contributed by atoms with Crippen molar-refractivity contribution in [2.75, 3.05) is 0 Å². The van der Waals surface area contributed by atoms with Gasteiger partial charge in [0.05, 0.1) is 17.9 Å². The summed E-state index contributed by atoms with van der Waals surface area (Å²) in [6.45, 7) is 5.88. The van der Waals surface area contributed by atoms with Crippen molar-refractivity contribution in [1.82, 2.24) is 10.1 Å². The molecule has 0 saturated carbocycles. The molecule has 2 N–H and O–H groups in total. The van der Waals surface area contributed by atoms with Crippen molar-refractivity contribution in [3.8, 4) is 11.4 Å². The monoisotopic (exact) mass is 221 g/mol. The molecule has 0 aromatic carbocycles. The number of rotatable bonds is 3. The average molecular weight is 221 g/mol. The fourth-order valence-electron chi connectivity index (χ4n) is 1.38. The quantitative estimate of drug-likeness (QED) is 0.860. The molecule has 0 bridgehead atoms. The first-order chi connectivity index (χ1) is 7.59. The number of nitrogens with two attached hydrogens (primary N) is 1. The predicted octanol–water partition coefficient (Wildman–Crippen LogP) is 2.29. The molecule has 0 spiro atoms. The van der Waals surface area contributed by atoms with Crippen LogP contribution < -0.4 is 5.73 Å². The smallest absolute Gasteiger partial charge is 0.244 e. The summed E-state index contributed by atoms with van der Waals surface area (Å²) in [5, 5.41) is 3.90. The minimum absolute atomic E-state index is 0.228. The van der Waals surface area contributed by atoms with Gasteiger partial charge in [0.1, 0.15) is 5.76 Å². The van der Waals surface area contributed by atoms with Crippen LogP contribution in [0.5, 0.6) is 0 Å². The summed E-state index contributed by atoms with van der Waals surface area (Å²) in [7, 11) is 0. The molecular formula is C11H15N3O2. The van der Waals surface area contributed by atoms with Crippen molar-refractivity contribution < 1.29 is 8.94 Å². The molecule has 2 aromatic heterocycles. The summed E-state index contributed by atoms with van der Waals surface area (Å²) < 4.78 is 10.3.